The van der Waals surface area contributed by atoms with Crippen molar-refractivity contribution in [2.75, 3.05) is 13.2 Å². The van der Waals surface area contributed by atoms with E-state index in [0.29, 0.717) is 16.5 Å². The lowest BCUT2D eigenvalue weighted by Crippen LogP contribution is -2.21. The summed E-state index contributed by atoms with van der Waals surface area (Å²) in [5.74, 6) is -1.22. The molecule has 0 aliphatic carbocycles. The van der Waals surface area contributed by atoms with Gasteiger partial charge >= 0.3 is 12.4 Å². The summed E-state index contributed by atoms with van der Waals surface area (Å²) in [6, 6.07) is 2.51. The van der Waals surface area contributed by atoms with E-state index in [-0.39, 0.29) is 11.6 Å². The number of ether oxygens (including phenoxy) is 2. The van der Waals surface area contributed by atoms with Gasteiger partial charge in [-0.25, -0.2) is 9.97 Å². The van der Waals surface area contributed by atoms with Gasteiger partial charge in [0.1, 0.15) is 5.82 Å². The second kappa shape index (κ2) is 8.80. The highest BCUT2D eigenvalue weighted by molar-refractivity contribution is 7.98. The van der Waals surface area contributed by atoms with Crippen LogP contribution < -0.4 is 9.47 Å². The molecule has 6 nitrogen and oxygen atoms in total. The topological polar surface area (TPSA) is 70.0 Å². The number of hydrogen-bond acceptors (Lipinski definition) is 7. The van der Waals surface area contributed by atoms with E-state index in [2.05, 4.69) is 29.4 Å². The van der Waals surface area contributed by atoms with Crippen LogP contribution in [-0.4, -0.2) is 45.5 Å². The number of hydrogen-bond donors (Lipinski definition) is 0. The van der Waals surface area contributed by atoms with Crippen LogP contribution in [0.1, 0.15) is 17.2 Å². The standard InChI is InChI=1S/C15H14F6N4O2S/c1-8-3-9(2)23-13(22-8)28-5-10-24-11(26-6-14(16,17)18)4-12(25-10)27-7-15(19,20)21/h3-4H,5-7H2,1-2H3. The van der Waals surface area contributed by atoms with Crippen molar-refractivity contribution in [1.29, 1.82) is 0 Å². The largest absolute Gasteiger partial charge is 0.468 e. The molecule has 0 N–H and O–H groups in total. The molecule has 2 aromatic heterocycles. The van der Waals surface area contributed by atoms with Crippen LogP contribution in [0.2, 0.25) is 0 Å². The van der Waals surface area contributed by atoms with Gasteiger partial charge in [-0.2, -0.15) is 36.3 Å². The van der Waals surface area contributed by atoms with Gasteiger partial charge in [0.2, 0.25) is 11.8 Å². The fourth-order valence-corrected chi connectivity index (χ4v) is 2.67. The molecule has 0 radical (unpaired) electrons. The van der Waals surface area contributed by atoms with Crippen molar-refractivity contribution in [3.05, 3.63) is 29.3 Å². The van der Waals surface area contributed by atoms with Crippen molar-refractivity contribution in [1.82, 2.24) is 19.9 Å². The Morgan fingerprint density at radius 3 is 1.68 bits per heavy atom. The first-order chi connectivity index (χ1) is 12.9. The highest BCUT2D eigenvalue weighted by Gasteiger charge is 2.30. The fourth-order valence-electron chi connectivity index (χ4n) is 1.86. The minimum absolute atomic E-state index is 0.0194. The van der Waals surface area contributed by atoms with E-state index < -0.39 is 37.3 Å². The van der Waals surface area contributed by atoms with Gasteiger partial charge < -0.3 is 9.47 Å². The Bertz CT molecular complexity index is 760. The second-order valence-corrected chi connectivity index (χ2v) is 6.43. The summed E-state index contributed by atoms with van der Waals surface area (Å²) in [6.07, 6.45) is -9.28. The highest BCUT2D eigenvalue weighted by atomic mass is 32.2. The Morgan fingerprint density at radius 1 is 0.786 bits per heavy atom. The number of alkyl halides is 6. The normalized spacial score (nSPS) is 12.1. The molecule has 0 aromatic carbocycles. The van der Waals surface area contributed by atoms with Gasteiger partial charge in [0.25, 0.3) is 0 Å². The smallest absolute Gasteiger partial charge is 0.422 e. The van der Waals surface area contributed by atoms with Crippen molar-refractivity contribution >= 4 is 11.8 Å². The molecule has 0 saturated heterocycles. The van der Waals surface area contributed by atoms with Crippen molar-refractivity contribution in [2.45, 2.75) is 37.1 Å². The first-order valence-corrected chi connectivity index (χ1v) is 8.60. The van der Waals surface area contributed by atoms with Crippen molar-refractivity contribution in [2.24, 2.45) is 0 Å². The van der Waals surface area contributed by atoms with Gasteiger partial charge in [-0.1, -0.05) is 11.8 Å². The molecule has 0 bridgehead atoms. The van der Waals surface area contributed by atoms with E-state index in [4.69, 9.17) is 0 Å². The van der Waals surface area contributed by atoms with Crippen LogP contribution in [0.15, 0.2) is 17.3 Å². The zero-order chi connectivity index (χ0) is 20.9. The van der Waals surface area contributed by atoms with Gasteiger partial charge in [0.05, 0.1) is 11.8 Å². The van der Waals surface area contributed by atoms with Gasteiger partial charge in [-0.3, -0.25) is 0 Å². The molecule has 154 valence electrons. The number of halogens is 6. The van der Waals surface area contributed by atoms with Gasteiger partial charge in [0, 0.05) is 11.4 Å². The molecular formula is C15H14F6N4O2S. The molecule has 13 heteroatoms. The first kappa shape index (κ1) is 22.0. The molecule has 0 saturated carbocycles. The summed E-state index contributed by atoms with van der Waals surface area (Å²) in [7, 11) is 0. The Labute approximate surface area is 159 Å². The van der Waals surface area contributed by atoms with Crippen LogP contribution in [0.5, 0.6) is 11.8 Å². The summed E-state index contributed by atoms with van der Waals surface area (Å²) in [6.45, 7) is 0.193. The Balaban J connectivity index is 2.17. The number of aromatic nitrogens is 4. The lowest BCUT2D eigenvalue weighted by Gasteiger charge is -2.12. The summed E-state index contributed by atoms with van der Waals surface area (Å²) in [5, 5.41) is 0.362. The maximum Gasteiger partial charge on any atom is 0.422 e. The number of rotatable bonds is 7. The predicted molar refractivity (Wildman–Crippen MR) is 86.2 cm³/mol. The van der Waals surface area contributed by atoms with Crippen LogP contribution >= 0.6 is 11.8 Å². The van der Waals surface area contributed by atoms with Crippen molar-refractivity contribution in [3.8, 4) is 11.8 Å². The van der Waals surface area contributed by atoms with E-state index in [9.17, 15) is 26.3 Å². The van der Waals surface area contributed by atoms with Gasteiger partial charge in [-0.05, 0) is 19.9 Å². The van der Waals surface area contributed by atoms with Crippen LogP contribution in [0, 0.1) is 13.8 Å². The average molecular weight is 428 g/mol. The SMILES string of the molecule is Cc1cc(C)nc(SCc2nc(OCC(F)(F)F)cc(OCC(F)(F)F)n2)n1. The third-order valence-electron chi connectivity index (χ3n) is 2.79. The van der Waals surface area contributed by atoms with Crippen LogP contribution in [0.25, 0.3) is 0 Å². The Hall–Kier alpha value is -2.31. The lowest BCUT2D eigenvalue weighted by molar-refractivity contribution is -0.154. The van der Waals surface area contributed by atoms with Crippen molar-refractivity contribution < 1.29 is 35.8 Å². The number of nitrogens with zero attached hydrogens (tertiary/aromatic N) is 4. The molecular weight excluding hydrogens is 414 g/mol. The lowest BCUT2D eigenvalue weighted by atomic mass is 10.4. The minimum atomic E-state index is -4.64. The molecule has 2 aromatic rings. The van der Waals surface area contributed by atoms with Crippen LogP contribution in [-0.2, 0) is 5.75 Å². The van der Waals surface area contributed by atoms with E-state index >= 15 is 0 Å². The zero-order valence-electron chi connectivity index (χ0n) is 14.6. The van der Waals surface area contributed by atoms with Crippen molar-refractivity contribution in [3.63, 3.8) is 0 Å². The number of thioether (sulfide) groups is 1. The molecule has 0 unspecified atom stereocenters. The predicted octanol–water partition coefficient (Wildman–Crippen LogP) is 4.06. The van der Waals surface area contributed by atoms with E-state index in [1.54, 1.807) is 19.9 Å². The average Bonchev–Trinajstić information content (AvgIpc) is 2.54. The minimum Gasteiger partial charge on any atom is -0.468 e. The summed E-state index contributed by atoms with van der Waals surface area (Å²) in [4.78, 5) is 15.9. The van der Waals surface area contributed by atoms with E-state index in [0.717, 1.165) is 17.8 Å². The van der Waals surface area contributed by atoms with Crippen LogP contribution in [0.3, 0.4) is 0 Å². The monoisotopic (exact) mass is 428 g/mol. The summed E-state index contributed by atoms with van der Waals surface area (Å²) >= 11 is 1.06. The van der Waals surface area contributed by atoms with Gasteiger partial charge in [-0.15, -0.1) is 0 Å². The third kappa shape index (κ3) is 8.15. The van der Waals surface area contributed by atoms with Crippen LogP contribution in [0.4, 0.5) is 26.3 Å². The maximum absolute atomic E-state index is 12.3. The Kier molecular flexibility index (Phi) is 6.91. The molecule has 2 rings (SSSR count). The molecule has 28 heavy (non-hydrogen) atoms. The third-order valence-corrected chi connectivity index (χ3v) is 3.63. The zero-order valence-corrected chi connectivity index (χ0v) is 15.4. The molecule has 0 atom stereocenters. The molecule has 0 spiro atoms. The molecule has 2 heterocycles. The quantitative estimate of drug-likeness (QED) is 0.374. The molecule has 0 fully saturated rings. The molecule has 0 aliphatic rings. The van der Waals surface area contributed by atoms with Gasteiger partial charge in [0.15, 0.2) is 18.4 Å². The Morgan fingerprint density at radius 2 is 1.25 bits per heavy atom. The highest BCUT2D eigenvalue weighted by Crippen LogP contribution is 2.25. The fraction of sp³-hybridized carbons (Fsp3) is 0.467. The molecule has 0 aliphatic heterocycles. The summed E-state index contributed by atoms with van der Waals surface area (Å²) in [5.41, 5.74) is 1.40. The van der Waals surface area contributed by atoms with E-state index in [1.165, 1.54) is 0 Å². The molecule has 0 amide bonds. The summed E-state index contributed by atoms with van der Waals surface area (Å²) < 4.78 is 82.9. The second-order valence-electron chi connectivity index (χ2n) is 5.49. The van der Waals surface area contributed by atoms with E-state index in [1.807, 2.05) is 0 Å². The first-order valence-electron chi connectivity index (χ1n) is 7.62. The number of aryl methyl sites for hydroxylation is 2. The maximum atomic E-state index is 12.3.